The number of carbonyl (C=O) groups excluding carboxylic acids is 5. The summed E-state index contributed by atoms with van der Waals surface area (Å²) in [6.45, 7) is 5.17. The maximum Gasteiger partial charge on any atom is 0.313 e. The van der Waals surface area contributed by atoms with Crippen LogP contribution in [0.2, 0.25) is 0 Å². The normalized spacial score (nSPS) is 17.5. The summed E-state index contributed by atoms with van der Waals surface area (Å²) in [7, 11) is 0. The molecule has 0 spiro atoms. The van der Waals surface area contributed by atoms with Crippen LogP contribution in [0, 0.1) is 17.2 Å². The number of hydrogen-bond acceptors (Lipinski definition) is 6. The zero-order valence-electron chi connectivity index (χ0n) is 20.2. The Labute approximate surface area is 203 Å². The summed E-state index contributed by atoms with van der Waals surface area (Å²) in [6, 6.07) is 2.96. The molecule has 1 fully saturated rings. The maximum atomic E-state index is 13.8. The van der Waals surface area contributed by atoms with Gasteiger partial charge in [-0.05, 0) is 43.2 Å². The van der Waals surface area contributed by atoms with Gasteiger partial charge in [-0.1, -0.05) is 32.9 Å². The molecule has 0 aromatic heterocycles. The van der Waals surface area contributed by atoms with Crippen LogP contribution in [0.25, 0.3) is 0 Å². The van der Waals surface area contributed by atoms with Crippen LogP contribution in [-0.4, -0.2) is 59.8 Å². The number of Topliss-reactive ketones (excluding diaryl/α,β-unsaturated/α-hetero) is 1. The molecule has 0 radical (unpaired) electrons. The number of para-hydroxylation sites is 1. The Hall–Kier alpha value is -3.34. The van der Waals surface area contributed by atoms with E-state index in [1.165, 1.54) is 18.2 Å². The molecule has 1 aliphatic rings. The summed E-state index contributed by atoms with van der Waals surface area (Å²) < 4.78 is 13.8. The van der Waals surface area contributed by atoms with Crippen molar-refractivity contribution in [3.05, 3.63) is 30.1 Å². The van der Waals surface area contributed by atoms with Gasteiger partial charge in [0.25, 0.3) is 0 Å². The second kappa shape index (κ2) is 12.4. The molecule has 1 saturated heterocycles. The summed E-state index contributed by atoms with van der Waals surface area (Å²) in [5.41, 5.74) is -0.652. The molecule has 1 unspecified atom stereocenters. The second-order valence-electron chi connectivity index (χ2n) is 9.78. The Kier molecular flexibility index (Phi) is 9.88. The molecule has 1 heterocycles. The quantitative estimate of drug-likeness (QED) is 0.319. The minimum absolute atomic E-state index is 0.000914. The maximum absolute atomic E-state index is 13.8. The summed E-state index contributed by atoms with van der Waals surface area (Å²) in [4.78, 5) is 62.3. The molecule has 35 heavy (non-hydrogen) atoms. The second-order valence-corrected chi connectivity index (χ2v) is 9.78. The Morgan fingerprint density at radius 1 is 1.11 bits per heavy atom. The molecule has 5 N–H and O–H groups in total. The van der Waals surface area contributed by atoms with E-state index in [4.69, 9.17) is 0 Å². The highest BCUT2D eigenvalue weighted by atomic mass is 19.1. The number of hydrogen-bond donors (Lipinski definition) is 5. The van der Waals surface area contributed by atoms with Crippen LogP contribution in [0.5, 0.6) is 0 Å². The van der Waals surface area contributed by atoms with Gasteiger partial charge < -0.3 is 26.4 Å². The van der Waals surface area contributed by atoms with Crippen LogP contribution in [0.4, 0.5) is 10.1 Å². The first kappa shape index (κ1) is 27.9. The molecular formula is C24H33FN4O6. The van der Waals surface area contributed by atoms with E-state index in [-0.39, 0.29) is 24.4 Å². The van der Waals surface area contributed by atoms with Gasteiger partial charge in [0.15, 0.2) is 5.78 Å². The SMILES string of the molecule is CC(C)(C)C[C@H](NC(=O)C(=O)Nc1ccccc1F)C(=O)N[C@@H](CC1CCCNC1=O)C(=O)CO. The molecule has 1 aliphatic heterocycles. The van der Waals surface area contributed by atoms with E-state index in [0.717, 1.165) is 12.5 Å². The highest BCUT2D eigenvalue weighted by Crippen LogP contribution is 2.22. The van der Waals surface area contributed by atoms with Gasteiger partial charge in [0.1, 0.15) is 18.5 Å². The number of halogens is 1. The van der Waals surface area contributed by atoms with E-state index >= 15 is 0 Å². The van der Waals surface area contributed by atoms with Crippen LogP contribution < -0.4 is 21.3 Å². The number of piperidine rings is 1. The lowest BCUT2D eigenvalue weighted by molar-refractivity contribution is -0.139. The molecule has 1 aromatic rings. The molecule has 10 nitrogen and oxygen atoms in total. The zero-order valence-corrected chi connectivity index (χ0v) is 20.2. The Morgan fingerprint density at radius 2 is 1.80 bits per heavy atom. The van der Waals surface area contributed by atoms with Gasteiger partial charge in [-0.25, -0.2) is 4.39 Å². The van der Waals surface area contributed by atoms with E-state index < -0.39 is 59.3 Å². The number of aliphatic hydroxyl groups is 1. The van der Waals surface area contributed by atoms with Crippen molar-refractivity contribution < 1.29 is 33.5 Å². The fraction of sp³-hybridized carbons (Fsp3) is 0.542. The molecule has 1 aromatic carbocycles. The number of rotatable bonds is 9. The lowest BCUT2D eigenvalue weighted by atomic mass is 9.87. The van der Waals surface area contributed by atoms with Crippen molar-refractivity contribution in [1.29, 1.82) is 0 Å². The Morgan fingerprint density at radius 3 is 2.40 bits per heavy atom. The van der Waals surface area contributed by atoms with E-state index in [9.17, 15) is 33.5 Å². The predicted octanol–water partition coefficient (Wildman–Crippen LogP) is 0.648. The number of anilines is 1. The first-order valence-corrected chi connectivity index (χ1v) is 11.5. The van der Waals surface area contributed by atoms with Crippen molar-refractivity contribution in [2.24, 2.45) is 11.3 Å². The first-order valence-electron chi connectivity index (χ1n) is 11.5. The smallest absolute Gasteiger partial charge is 0.313 e. The molecular weight excluding hydrogens is 459 g/mol. The van der Waals surface area contributed by atoms with Crippen molar-refractivity contribution in [1.82, 2.24) is 16.0 Å². The minimum atomic E-state index is -1.21. The van der Waals surface area contributed by atoms with Gasteiger partial charge in [0.2, 0.25) is 11.8 Å². The van der Waals surface area contributed by atoms with Crippen molar-refractivity contribution in [2.45, 2.75) is 58.5 Å². The third-order valence-electron chi connectivity index (χ3n) is 5.55. The largest absolute Gasteiger partial charge is 0.389 e. The predicted molar refractivity (Wildman–Crippen MR) is 125 cm³/mol. The standard InChI is InChI=1S/C24H33FN4O6/c1-24(2,3)12-18(29-23(35)22(34)27-16-9-5-4-8-15(16)25)21(33)28-17(19(31)13-30)11-14-7-6-10-26-20(14)32/h4-5,8-9,14,17-18,30H,6-7,10-13H2,1-3H3,(H,26,32)(H,27,34)(H,28,33)(H,29,35)/t14?,17-,18-/m0/s1. The van der Waals surface area contributed by atoms with E-state index in [1.54, 1.807) is 0 Å². The topological polar surface area (TPSA) is 154 Å². The zero-order chi connectivity index (χ0) is 26.2. The van der Waals surface area contributed by atoms with Gasteiger partial charge >= 0.3 is 11.8 Å². The number of amides is 4. The van der Waals surface area contributed by atoms with Crippen LogP contribution in [0.1, 0.15) is 46.5 Å². The molecule has 11 heteroatoms. The molecule has 2 rings (SSSR count). The number of ketones is 1. The lowest BCUT2D eigenvalue weighted by Gasteiger charge is -2.29. The third-order valence-corrected chi connectivity index (χ3v) is 5.55. The summed E-state index contributed by atoms with van der Waals surface area (Å²) in [6.07, 6.45) is 1.38. The van der Waals surface area contributed by atoms with Crippen LogP contribution in [-0.2, 0) is 24.0 Å². The summed E-state index contributed by atoms with van der Waals surface area (Å²) in [5.74, 6) is -5.20. The summed E-state index contributed by atoms with van der Waals surface area (Å²) in [5, 5.41) is 19.1. The van der Waals surface area contributed by atoms with Gasteiger partial charge in [0, 0.05) is 12.5 Å². The van der Waals surface area contributed by atoms with Crippen molar-refractivity contribution in [3.8, 4) is 0 Å². The van der Waals surface area contributed by atoms with Crippen LogP contribution >= 0.6 is 0 Å². The average Bonchev–Trinajstić information content (AvgIpc) is 2.79. The molecule has 0 saturated carbocycles. The highest BCUT2D eigenvalue weighted by molar-refractivity contribution is 6.40. The van der Waals surface area contributed by atoms with Crippen molar-refractivity contribution in [2.75, 3.05) is 18.5 Å². The minimum Gasteiger partial charge on any atom is -0.389 e. The average molecular weight is 493 g/mol. The van der Waals surface area contributed by atoms with E-state index in [0.29, 0.717) is 13.0 Å². The fourth-order valence-electron chi connectivity index (χ4n) is 3.79. The van der Waals surface area contributed by atoms with Crippen LogP contribution in [0.15, 0.2) is 24.3 Å². The van der Waals surface area contributed by atoms with Crippen molar-refractivity contribution >= 4 is 35.1 Å². The molecule has 0 bridgehead atoms. The monoisotopic (exact) mass is 492 g/mol. The summed E-state index contributed by atoms with van der Waals surface area (Å²) >= 11 is 0. The third kappa shape index (κ3) is 8.75. The number of aliphatic hydroxyl groups excluding tert-OH is 1. The van der Waals surface area contributed by atoms with E-state index in [2.05, 4.69) is 21.3 Å². The number of nitrogens with one attached hydrogen (secondary N) is 4. The molecule has 0 aliphatic carbocycles. The molecule has 192 valence electrons. The molecule has 4 amide bonds. The highest BCUT2D eigenvalue weighted by Gasteiger charge is 2.34. The van der Waals surface area contributed by atoms with Gasteiger partial charge in [-0.3, -0.25) is 24.0 Å². The molecule has 3 atom stereocenters. The van der Waals surface area contributed by atoms with Crippen molar-refractivity contribution in [3.63, 3.8) is 0 Å². The Bertz CT molecular complexity index is 962. The Balaban J connectivity index is 2.13. The number of carbonyl (C=O) groups is 5. The van der Waals surface area contributed by atoms with Gasteiger partial charge in [0.05, 0.1) is 11.7 Å². The lowest BCUT2D eigenvalue weighted by Crippen LogP contribution is -2.55. The van der Waals surface area contributed by atoms with Gasteiger partial charge in [-0.2, -0.15) is 0 Å². The van der Waals surface area contributed by atoms with Crippen LogP contribution in [0.3, 0.4) is 0 Å². The first-order chi connectivity index (χ1) is 16.4. The van der Waals surface area contributed by atoms with E-state index in [1.807, 2.05) is 20.8 Å². The van der Waals surface area contributed by atoms with Gasteiger partial charge in [-0.15, -0.1) is 0 Å². The fourth-order valence-corrected chi connectivity index (χ4v) is 3.79. The number of benzene rings is 1.